The van der Waals surface area contributed by atoms with E-state index < -0.39 is 44.8 Å². The Morgan fingerprint density at radius 3 is 0.705 bits per heavy atom. The molecule has 0 aliphatic rings. The van der Waals surface area contributed by atoms with Crippen LogP contribution in [0.4, 0.5) is 0 Å². The second-order valence-corrected chi connectivity index (χ2v) is 20.3. The smallest absolute Gasteiger partial charge is 0.0962 e. The van der Waals surface area contributed by atoms with Gasteiger partial charge in [-0.15, -0.1) is 0 Å². The van der Waals surface area contributed by atoms with Gasteiger partial charge in [0.1, 0.15) is 0 Å². The maximum atomic E-state index is 9.42. The zero-order valence-electron chi connectivity index (χ0n) is 52.4. The van der Waals surface area contributed by atoms with Crippen molar-refractivity contribution in [3.05, 3.63) is 0 Å². The molecule has 0 rings (SSSR count). The number of aliphatic hydroxyl groups is 8. The topological polar surface area (TPSA) is 261 Å². The third-order valence-corrected chi connectivity index (χ3v) is 7.68. The van der Waals surface area contributed by atoms with Crippen LogP contribution in [0.1, 0.15) is 205 Å². The minimum Gasteiger partial charge on any atom is -0.385 e. The van der Waals surface area contributed by atoms with E-state index in [-0.39, 0.29) is 149 Å². The Hall–Kier alpha value is 1.20. The summed E-state index contributed by atoms with van der Waals surface area (Å²) in [5, 5.41) is 73.4. The molecule has 4 atom stereocenters. The van der Waals surface area contributed by atoms with E-state index in [0.29, 0.717) is 12.8 Å². The minimum atomic E-state index is -0.760. The zero-order chi connectivity index (χ0) is 57.5. The van der Waals surface area contributed by atoms with E-state index in [0.717, 1.165) is 51.9 Å². The van der Waals surface area contributed by atoms with Crippen LogP contribution in [0.5, 0.6) is 0 Å². The van der Waals surface area contributed by atoms with E-state index in [2.05, 4.69) is 53.8 Å². The predicted octanol–water partition coefficient (Wildman–Crippen LogP) is 9.10. The van der Waals surface area contributed by atoms with Gasteiger partial charge in [0.15, 0.2) is 0 Å². The average molecular weight is 1510 g/mol. The normalized spacial score (nSPS) is 14.2. The summed E-state index contributed by atoms with van der Waals surface area (Å²) in [6, 6.07) is 0.550. The first-order chi connectivity index (χ1) is 31.4. The zero-order valence-corrected chi connectivity index (χ0v) is 59.9. The summed E-state index contributed by atoms with van der Waals surface area (Å²) in [7, 11) is 3.29. The van der Waals surface area contributed by atoms with E-state index in [1.165, 1.54) is 6.21 Å². The monoisotopic (exact) mass is 1510 g/mol. The molecule has 0 aliphatic carbocycles. The van der Waals surface area contributed by atoms with Crippen molar-refractivity contribution in [3.63, 3.8) is 0 Å². The molecule has 0 bridgehead atoms. The van der Waals surface area contributed by atoms with Crippen molar-refractivity contribution in [2.75, 3.05) is 40.3 Å². The van der Waals surface area contributed by atoms with Crippen molar-refractivity contribution < 1.29 is 177 Å². The van der Waals surface area contributed by atoms with Gasteiger partial charge in [0.05, 0.1) is 44.8 Å². The Labute approximate surface area is 563 Å². The van der Waals surface area contributed by atoms with Crippen LogP contribution in [-0.2, 0) is 137 Å². The van der Waals surface area contributed by atoms with Gasteiger partial charge in [-0.2, -0.15) is 0 Å². The van der Waals surface area contributed by atoms with Crippen molar-refractivity contribution >= 4 is 49.7 Å². The molecule has 16 nitrogen and oxygen atoms in total. The standard InChI is InChI=1S/2C8H17NO.3C7H15NO.2C6H13NO.C5H11NO.8Cu/c1-5-8(4,10)6-9-7(2)3;1-4-6-9-7-8(3,10)5-2;1-6(2)8-5-7(3,4)9;1-4-5-8-6-7(2,3)9;1-4-7(3,9)6-8-5-2;1-4-6(2,8)5-7-3;1-4-7-5-6(2,3)8;1-5(2,7)4-6-3;;;;;;;;/h6-7,10H,5H2,1-4H3;7,10H,4-6H2,1-3H3;5-6,9H,1-4H3;2*6,9H,4-5H2,1-3H3;2*5,8H,4H2,1-3H3;4,7H,1-3H3;;;;;;;;. The third-order valence-electron chi connectivity index (χ3n) is 7.68. The first-order valence-electron chi connectivity index (χ1n) is 25.2. The molecule has 8 N–H and O–H groups in total. The average Bonchev–Trinajstić information content (AvgIpc) is 3.21. The van der Waals surface area contributed by atoms with Gasteiger partial charge in [-0.1, -0.05) is 41.5 Å². The molecule has 0 aliphatic heterocycles. The number of rotatable bonds is 20. The molecular formula is C54H116Cu8N8O8. The summed E-state index contributed by atoms with van der Waals surface area (Å²) in [4.78, 5) is 31.3. The van der Waals surface area contributed by atoms with Gasteiger partial charge in [-0.05, 0) is 163 Å². The van der Waals surface area contributed by atoms with Crippen molar-refractivity contribution in [1.82, 2.24) is 0 Å². The minimum absolute atomic E-state index is 0. The summed E-state index contributed by atoms with van der Waals surface area (Å²) < 4.78 is 0. The molecule has 0 spiro atoms. The van der Waals surface area contributed by atoms with E-state index in [1.807, 2.05) is 69.2 Å². The van der Waals surface area contributed by atoms with E-state index >= 15 is 0 Å². The molecular weight excluding hydrogens is 1400 g/mol. The number of hydrogen-bond donors (Lipinski definition) is 8. The summed E-state index contributed by atoms with van der Waals surface area (Å²) in [5.41, 5.74) is -5.80. The SMILES string of the molecule is CC(C)N=CC(C)(C)O.CCC(C)(O)C=NC.CCC(C)(O)C=NC(C)C.CCCN=CC(C)(C)O.CCCN=CC(C)(O)CC.CCN=CC(C)(C)O.CCN=CC(C)(O)CC.CN=CC(C)(C)O.[Cu].[Cu].[Cu].[Cu].[Cu].[Cu].[Cu].[Cu]. The van der Waals surface area contributed by atoms with E-state index in [9.17, 15) is 20.4 Å². The van der Waals surface area contributed by atoms with Crippen molar-refractivity contribution in [2.45, 2.75) is 262 Å². The number of aliphatic imine (C=N–C) groups is 8. The molecule has 4 unspecified atom stereocenters. The summed E-state index contributed by atoms with van der Waals surface area (Å²) in [6.45, 7) is 47.4. The van der Waals surface area contributed by atoms with Crippen LogP contribution in [0.2, 0.25) is 0 Å². The van der Waals surface area contributed by atoms with Gasteiger partial charge in [0.2, 0.25) is 0 Å². The first-order valence-corrected chi connectivity index (χ1v) is 25.2. The Balaban J connectivity index is -0.0000000397. The van der Waals surface area contributed by atoms with Gasteiger partial charge in [-0.25, -0.2) is 0 Å². The molecule has 8 radical (unpaired) electrons. The van der Waals surface area contributed by atoms with Crippen LogP contribution in [-0.4, -0.2) is 188 Å². The molecule has 0 aromatic rings. The quantitative estimate of drug-likeness (QED) is 0.0430. The van der Waals surface area contributed by atoms with Gasteiger partial charge in [0.25, 0.3) is 0 Å². The Kier molecular flexibility index (Phi) is 110. The molecule has 0 heterocycles. The first kappa shape index (κ1) is 121. The number of hydrogen-bond acceptors (Lipinski definition) is 16. The van der Waals surface area contributed by atoms with Crippen LogP contribution in [0.15, 0.2) is 39.9 Å². The van der Waals surface area contributed by atoms with Gasteiger partial charge in [0, 0.05) is 239 Å². The molecule has 0 saturated heterocycles. The second kappa shape index (κ2) is 70.7. The fourth-order valence-electron chi connectivity index (χ4n) is 3.01. The van der Waals surface area contributed by atoms with Crippen LogP contribution < -0.4 is 0 Å². The Bertz CT molecular complexity index is 1410. The molecule has 0 aromatic carbocycles. The fraction of sp³-hybridized carbons (Fsp3) is 0.852. The predicted molar refractivity (Wildman–Crippen MR) is 310 cm³/mol. The molecule has 78 heavy (non-hydrogen) atoms. The van der Waals surface area contributed by atoms with Crippen LogP contribution in [0, 0.1) is 0 Å². The summed E-state index contributed by atoms with van der Waals surface area (Å²) in [6.07, 6.45) is 17.5. The van der Waals surface area contributed by atoms with Gasteiger partial charge in [-0.3, -0.25) is 39.9 Å². The van der Waals surface area contributed by atoms with Gasteiger partial charge < -0.3 is 40.9 Å². The van der Waals surface area contributed by atoms with E-state index in [4.69, 9.17) is 20.4 Å². The maximum absolute atomic E-state index is 9.42. The molecule has 508 valence electrons. The summed E-state index contributed by atoms with van der Waals surface area (Å²) >= 11 is 0. The largest absolute Gasteiger partial charge is 0.385 e. The van der Waals surface area contributed by atoms with E-state index in [1.54, 1.807) is 141 Å². The van der Waals surface area contributed by atoms with Crippen LogP contribution in [0.25, 0.3) is 0 Å². The van der Waals surface area contributed by atoms with Gasteiger partial charge >= 0.3 is 0 Å². The maximum Gasteiger partial charge on any atom is 0.0962 e. The Morgan fingerprint density at radius 1 is 0.308 bits per heavy atom. The third kappa shape index (κ3) is 147. The molecule has 0 aromatic heterocycles. The summed E-state index contributed by atoms with van der Waals surface area (Å²) in [5.74, 6) is 0. The van der Waals surface area contributed by atoms with Crippen molar-refractivity contribution in [3.8, 4) is 0 Å². The Morgan fingerprint density at radius 2 is 0.526 bits per heavy atom. The van der Waals surface area contributed by atoms with Crippen LogP contribution >= 0.6 is 0 Å². The van der Waals surface area contributed by atoms with Crippen LogP contribution in [0.3, 0.4) is 0 Å². The second-order valence-electron chi connectivity index (χ2n) is 20.3. The van der Waals surface area contributed by atoms with Crippen molar-refractivity contribution in [2.24, 2.45) is 39.9 Å². The molecule has 0 amide bonds. The van der Waals surface area contributed by atoms with Crippen molar-refractivity contribution in [1.29, 1.82) is 0 Å². The molecule has 0 fully saturated rings. The molecule has 24 heteroatoms. The number of nitrogens with zero attached hydrogens (tertiary/aromatic N) is 8. The molecule has 0 saturated carbocycles. The fourth-order valence-corrected chi connectivity index (χ4v) is 3.01.